The molecule has 27 heavy (non-hydrogen) atoms. The van der Waals surface area contributed by atoms with Crippen molar-refractivity contribution in [1.29, 1.82) is 0 Å². The van der Waals surface area contributed by atoms with Gasteiger partial charge in [0, 0.05) is 12.1 Å². The summed E-state index contributed by atoms with van der Waals surface area (Å²) in [4.78, 5) is 13.0. The van der Waals surface area contributed by atoms with Gasteiger partial charge in [0.2, 0.25) is 5.91 Å². The summed E-state index contributed by atoms with van der Waals surface area (Å²) in [6, 6.07) is 12.9. The quantitative estimate of drug-likeness (QED) is 0.860. The van der Waals surface area contributed by atoms with Crippen LogP contribution in [-0.2, 0) is 4.79 Å². The Kier molecular flexibility index (Phi) is 5.09. The van der Waals surface area contributed by atoms with Gasteiger partial charge in [0.25, 0.3) is 0 Å². The predicted molar refractivity (Wildman–Crippen MR) is 109 cm³/mol. The minimum atomic E-state index is -0.159. The molecule has 0 aromatic heterocycles. The third kappa shape index (κ3) is 3.68. The second-order valence-corrected chi connectivity index (χ2v) is 8.41. The zero-order valence-electron chi connectivity index (χ0n) is 16.3. The fourth-order valence-corrected chi connectivity index (χ4v) is 5.10. The lowest BCUT2D eigenvalue weighted by Gasteiger charge is -2.45. The Bertz CT molecular complexity index is 820. The Balaban J connectivity index is 1.49. The van der Waals surface area contributed by atoms with E-state index in [1.807, 2.05) is 19.1 Å². The Labute approximate surface area is 161 Å². The number of methoxy groups -OCH3 is 1. The molecule has 3 unspecified atom stereocenters. The Morgan fingerprint density at radius 2 is 1.78 bits per heavy atom. The van der Waals surface area contributed by atoms with Gasteiger partial charge in [0.15, 0.2) is 0 Å². The Morgan fingerprint density at radius 1 is 1.11 bits per heavy atom. The molecule has 4 rings (SSSR count). The standard InChI is InChI=1S/C23H30N2O2/c1-14(15-6-7-17-13-21(27-2)9-8-16(17)10-15)23(26)25-22-18-4-3-5-19(22)12-20(24)11-18/h6-10,13-14,18-20,22H,3-5,11-12,24H2,1-2H3,(H,25,26). The topological polar surface area (TPSA) is 64.3 Å². The number of hydrogen-bond acceptors (Lipinski definition) is 3. The van der Waals surface area contributed by atoms with Crippen LogP contribution in [0.25, 0.3) is 10.8 Å². The third-order valence-electron chi connectivity index (χ3n) is 6.65. The highest BCUT2D eigenvalue weighted by Crippen LogP contribution is 2.40. The summed E-state index contributed by atoms with van der Waals surface area (Å²) in [5.74, 6) is 1.93. The first kappa shape index (κ1) is 18.3. The van der Waals surface area contributed by atoms with Crippen LogP contribution < -0.4 is 15.8 Å². The summed E-state index contributed by atoms with van der Waals surface area (Å²) < 4.78 is 5.29. The average molecular weight is 367 g/mol. The Morgan fingerprint density at radius 3 is 2.48 bits per heavy atom. The smallest absolute Gasteiger partial charge is 0.227 e. The molecule has 0 aliphatic heterocycles. The van der Waals surface area contributed by atoms with Gasteiger partial charge in [-0.15, -0.1) is 0 Å². The highest BCUT2D eigenvalue weighted by atomic mass is 16.5. The number of nitrogens with one attached hydrogen (secondary N) is 1. The van der Waals surface area contributed by atoms with Crippen molar-refractivity contribution >= 4 is 16.7 Å². The number of benzene rings is 2. The molecule has 2 bridgehead atoms. The van der Waals surface area contributed by atoms with Crippen molar-refractivity contribution in [1.82, 2.24) is 5.32 Å². The number of hydrogen-bond donors (Lipinski definition) is 2. The van der Waals surface area contributed by atoms with Crippen molar-refractivity contribution in [2.45, 2.75) is 57.0 Å². The van der Waals surface area contributed by atoms with E-state index in [4.69, 9.17) is 10.5 Å². The van der Waals surface area contributed by atoms with E-state index in [9.17, 15) is 4.79 Å². The molecule has 4 heteroatoms. The summed E-state index contributed by atoms with van der Waals surface area (Å²) in [6.45, 7) is 2.00. The molecular formula is C23H30N2O2. The summed E-state index contributed by atoms with van der Waals surface area (Å²) in [6.07, 6.45) is 5.77. The largest absolute Gasteiger partial charge is 0.497 e. The first-order valence-corrected chi connectivity index (χ1v) is 10.2. The van der Waals surface area contributed by atoms with Gasteiger partial charge < -0.3 is 15.8 Å². The molecule has 2 aromatic carbocycles. The number of fused-ring (bicyclic) bond motifs is 3. The fourth-order valence-electron chi connectivity index (χ4n) is 5.10. The van der Waals surface area contributed by atoms with Crippen LogP contribution in [0.1, 0.15) is 50.5 Å². The molecule has 0 radical (unpaired) electrons. The van der Waals surface area contributed by atoms with Crippen LogP contribution in [0.4, 0.5) is 0 Å². The maximum absolute atomic E-state index is 13.0. The summed E-state index contributed by atoms with van der Waals surface area (Å²) >= 11 is 0. The number of nitrogens with two attached hydrogens (primary N) is 1. The predicted octanol–water partition coefficient (Wildman–Crippen LogP) is 3.97. The van der Waals surface area contributed by atoms with E-state index in [0.29, 0.717) is 23.9 Å². The molecule has 0 spiro atoms. The minimum Gasteiger partial charge on any atom is -0.497 e. The summed E-state index contributed by atoms with van der Waals surface area (Å²) in [7, 11) is 1.68. The van der Waals surface area contributed by atoms with Crippen LogP contribution in [0, 0.1) is 11.8 Å². The zero-order valence-corrected chi connectivity index (χ0v) is 16.3. The fraction of sp³-hybridized carbons (Fsp3) is 0.522. The van der Waals surface area contributed by atoms with Crippen LogP contribution in [0.15, 0.2) is 36.4 Å². The van der Waals surface area contributed by atoms with Gasteiger partial charge in [-0.1, -0.05) is 30.7 Å². The van der Waals surface area contributed by atoms with Crippen molar-refractivity contribution in [2.24, 2.45) is 17.6 Å². The number of ether oxygens (including phenoxy) is 1. The lowest BCUT2D eigenvalue weighted by atomic mass is 9.67. The molecule has 144 valence electrons. The van der Waals surface area contributed by atoms with E-state index >= 15 is 0 Å². The molecule has 2 fully saturated rings. The van der Waals surface area contributed by atoms with Crippen LogP contribution in [-0.4, -0.2) is 25.1 Å². The first-order valence-electron chi connectivity index (χ1n) is 10.2. The number of carbonyl (C=O) groups is 1. The molecule has 1 amide bonds. The second-order valence-electron chi connectivity index (χ2n) is 8.41. The molecule has 0 heterocycles. The summed E-state index contributed by atoms with van der Waals surface area (Å²) in [5.41, 5.74) is 7.28. The second kappa shape index (κ2) is 7.51. The van der Waals surface area contributed by atoms with Gasteiger partial charge in [-0.2, -0.15) is 0 Å². The highest BCUT2D eigenvalue weighted by molar-refractivity contribution is 5.88. The van der Waals surface area contributed by atoms with Crippen LogP contribution in [0.2, 0.25) is 0 Å². The molecule has 2 saturated carbocycles. The van der Waals surface area contributed by atoms with Crippen LogP contribution in [0.3, 0.4) is 0 Å². The third-order valence-corrected chi connectivity index (χ3v) is 6.65. The molecule has 2 aromatic rings. The zero-order chi connectivity index (χ0) is 19.0. The van der Waals surface area contributed by atoms with Gasteiger partial charge in [0.1, 0.15) is 5.75 Å². The number of rotatable bonds is 4. The van der Waals surface area contributed by atoms with E-state index in [-0.39, 0.29) is 11.8 Å². The van der Waals surface area contributed by atoms with Gasteiger partial charge in [-0.3, -0.25) is 4.79 Å². The van der Waals surface area contributed by atoms with Crippen molar-refractivity contribution < 1.29 is 9.53 Å². The van der Waals surface area contributed by atoms with E-state index in [2.05, 4.69) is 29.6 Å². The van der Waals surface area contributed by atoms with E-state index in [1.165, 1.54) is 19.3 Å². The van der Waals surface area contributed by atoms with E-state index in [0.717, 1.165) is 34.9 Å². The van der Waals surface area contributed by atoms with Gasteiger partial charge in [-0.05, 0) is 72.9 Å². The first-order chi connectivity index (χ1) is 13.0. The number of carbonyl (C=O) groups excluding carboxylic acids is 1. The average Bonchev–Trinajstić information content (AvgIpc) is 2.67. The lowest BCUT2D eigenvalue weighted by Crippen LogP contribution is -2.54. The SMILES string of the molecule is COc1ccc2cc(C(C)C(=O)NC3C4CCCC3CC(N)C4)ccc2c1. The summed E-state index contributed by atoms with van der Waals surface area (Å²) in [5, 5.41) is 5.65. The van der Waals surface area contributed by atoms with Crippen molar-refractivity contribution in [2.75, 3.05) is 7.11 Å². The molecular weight excluding hydrogens is 336 g/mol. The van der Waals surface area contributed by atoms with Gasteiger partial charge in [-0.25, -0.2) is 0 Å². The monoisotopic (exact) mass is 366 g/mol. The lowest BCUT2D eigenvalue weighted by molar-refractivity contribution is -0.124. The Hall–Kier alpha value is -2.07. The van der Waals surface area contributed by atoms with Gasteiger partial charge in [0.05, 0.1) is 13.0 Å². The molecule has 2 aliphatic carbocycles. The van der Waals surface area contributed by atoms with Crippen molar-refractivity contribution in [3.8, 4) is 5.75 Å². The number of amides is 1. The van der Waals surface area contributed by atoms with Crippen LogP contribution >= 0.6 is 0 Å². The van der Waals surface area contributed by atoms with Crippen molar-refractivity contribution in [3.63, 3.8) is 0 Å². The van der Waals surface area contributed by atoms with E-state index < -0.39 is 0 Å². The van der Waals surface area contributed by atoms with E-state index in [1.54, 1.807) is 7.11 Å². The molecule has 0 saturated heterocycles. The molecule has 3 atom stereocenters. The van der Waals surface area contributed by atoms with Gasteiger partial charge >= 0.3 is 0 Å². The molecule has 4 nitrogen and oxygen atoms in total. The highest BCUT2D eigenvalue weighted by Gasteiger charge is 2.40. The maximum atomic E-state index is 13.0. The molecule has 2 aliphatic rings. The van der Waals surface area contributed by atoms with Crippen molar-refractivity contribution in [3.05, 3.63) is 42.0 Å². The normalized spacial score (nSPS) is 28.6. The maximum Gasteiger partial charge on any atom is 0.227 e. The minimum absolute atomic E-state index is 0.139. The molecule has 3 N–H and O–H groups in total. The van der Waals surface area contributed by atoms with Crippen LogP contribution in [0.5, 0.6) is 5.75 Å².